The van der Waals surface area contributed by atoms with E-state index in [0.717, 1.165) is 35.8 Å². The Bertz CT molecular complexity index is 1060. The van der Waals surface area contributed by atoms with E-state index in [-0.39, 0.29) is 11.7 Å². The minimum Gasteiger partial charge on any atom is -0.367 e. The second-order valence-corrected chi connectivity index (χ2v) is 8.62. The number of anilines is 2. The van der Waals surface area contributed by atoms with Crippen LogP contribution in [-0.4, -0.2) is 43.5 Å². The summed E-state index contributed by atoms with van der Waals surface area (Å²) >= 11 is 0. The van der Waals surface area contributed by atoms with Gasteiger partial charge in [0.05, 0.1) is 0 Å². The molecule has 5 rings (SSSR count). The van der Waals surface area contributed by atoms with E-state index in [4.69, 9.17) is 0 Å². The standard InChI is InChI=1S/C26H26FN3O/c1-29-16-21-14-15-30(25(21)17-29)24-12-10-23(11-13-24)28-26(31)20-4-2-18(3-5-20)19-6-8-22(27)9-7-19/h2-13,21,25H,14-17H2,1H3,(H,28,31)/t21-,25+/m1/s1. The summed E-state index contributed by atoms with van der Waals surface area (Å²) in [6.45, 7) is 3.42. The van der Waals surface area contributed by atoms with E-state index < -0.39 is 0 Å². The Hall–Kier alpha value is -3.18. The maximum absolute atomic E-state index is 13.1. The van der Waals surface area contributed by atoms with E-state index in [9.17, 15) is 9.18 Å². The van der Waals surface area contributed by atoms with Crippen molar-refractivity contribution in [3.63, 3.8) is 0 Å². The number of hydrogen-bond acceptors (Lipinski definition) is 3. The summed E-state index contributed by atoms with van der Waals surface area (Å²) in [6.07, 6.45) is 1.25. The van der Waals surface area contributed by atoms with Gasteiger partial charge in [-0.05, 0) is 79.0 Å². The zero-order valence-electron chi connectivity index (χ0n) is 17.6. The third kappa shape index (κ3) is 4.06. The molecule has 0 radical (unpaired) electrons. The average Bonchev–Trinajstić information content (AvgIpc) is 3.34. The molecule has 5 heteroatoms. The van der Waals surface area contributed by atoms with Crippen molar-refractivity contribution in [1.29, 1.82) is 0 Å². The minimum absolute atomic E-state index is 0.142. The van der Waals surface area contributed by atoms with Crippen LogP contribution in [0.15, 0.2) is 72.8 Å². The summed E-state index contributed by atoms with van der Waals surface area (Å²) < 4.78 is 13.1. The fraction of sp³-hybridized carbons (Fsp3) is 0.269. The van der Waals surface area contributed by atoms with Crippen LogP contribution in [0.1, 0.15) is 16.8 Å². The van der Waals surface area contributed by atoms with Crippen LogP contribution in [0.4, 0.5) is 15.8 Å². The van der Waals surface area contributed by atoms with E-state index >= 15 is 0 Å². The highest BCUT2D eigenvalue weighted by Gasteiger charge is 2.39. The molecular weight excluding hydrogens is 389 g/mol. The lowest BCUT2D eigenvalue weighted by atomic mass is 10.0. The molecule has 0 spiro atoms. The molecule has 1 N–H and O–H groups in total. The number of nitrogens with zero attached hydrogens (tertiary/aromatic N) is 2. The molecule has 0 saturated carbocycles. The van der Waals surface area contributed by atoms with Crippen molar-refractivity contribution in [1.82, 2.24) is 4.90 Å². The van der Waals surface area contributed by atoms with Crippen molar-refractivity contribution in [2.75, 3.05) is 36.9 Å². The highest BCUT2D eigenvalue weighted by atomic mass is 19.1. The predicted octanol–water partition coefficient (Wildman–Crippen LogP) is 4.89. The SMILES string of the molecule is CN1C[C@H]2CCN(c3ccc(NC(=O)c4ccc(-c5ccc(F)cc5)cc4)cc3)[C@H]2C1. The molecule has 2 heterocycles. The minimum atomic E-state index is -0.258. The maximum Gasteiger partial charge on any atom is 0.255 e. The van der Waals surface area contributed by atoms with Crippen LogP contribution in [-0.2, 0) is 0 Å². The van der Waals surface area contributed by atoms with Gasteiger partial charge >= 0.3 is 0 Å². The average molecular weight is 416 g/mol. The van der Waals surface area contributed by atoms with Gasteiger partial charge in [0.25, 0.3) is 5.91 Å². The highest BCUT2D eigenvalue weighted by molar-refractivity contribution is 6.04. The first kappa shape index (κ1) is 19.8. The summed E-state index contributed by atoms with van der Waals surface area (Å²) in [7, 11) is 2.20. The molecule has 2 fully saturated rings. The zero-order chi connectivity index (χ0) is 21.4. The van der Waals surface area contributed by atoms with Crippen molar-refractivity contribution in [2.45, 2.75) is 12.5 Å². The summed E-state index contributed by atoms with van der Waals surface area (Å²) in [5, 5.41) is 2.98. The number of carbonyl (C=O) groups excluding carboxylic acids is 1. The van der Waals surface area contributed by atoms with E-state index in [1.54, 1.807) is 24.3 Å². The monoisotopic (exact) mass is 415 g/mol. The molecule has 0 unspecified atom stereocenters. The zero-order valence-corrected chi connectivity index (χ0v) is 17.6. The van der Waals surface area contributed by atoms with Gasteiger partial charge in [-0.25, -0.2) is 4.39 Å². The van der Waals surface area contributed by atoms with Crippen molar-refractivity contribution >= 4 is 17.3 Å². The molecule has 2 aliphatic heterocycles. The van der Waals surface area contributed by atoms with Gasteiger partial charge < -0.3 is 15.1 Å². The Labute approximate surface area is 182 Å². The normalized spacial score (nSPS) is 20.6. The molecule has 2 aliphatic rings. The lowest BCUT2D eigenvalue weighted by molar-refractivity contribution is 0.102. The second kappa shape index (κ2) is 8.16. The molecule has 0 aromatic heterocycles. The quantitative estimate of drug-likeness (QED) is 0.659. The number of likely N-dealkylation sites (tertiary alicyclic amines) is 1. The summed E-state index contributed by atoms with van der Waals surface area (Å²) in [6, 6.07) is 22.5. The van der Waals surface area contributed by atoms with Gasteiger partial charge in [0.15, 0.2) is 0 Å². The number of fused-ring (bicyclic) bond motifs is 1. The molecular formula is C26H26FN3O. The lowest BCUT2D eigenvalue weighted by Gasteiger charge is -2.26. The topological polar surface area (TPSA) is 35.6 Å². The number of halogens is 1. The predicted molar refractivity (Wildman–Crippen MR) is 123 cm³/mol. The Morgan fingerprint density at radius 2 is 1.55 bits per heavy atom. The number of hydrogen-bond donors (Lipinski definition) is 1. The van der Waals surface area contributed by atoms with Crippen LogP contribution in [0.5, 0.6) is 0 Å². The number of carbonyl (C=O) groups is 1. The van der Waals surface area contributed by atoms with E-state index in [0.29, 0.717) is 11.6 Å². The van der Waals surface area contributed by atoms with Crippen LogP contribution >= 0.6 is 0 Å². The van der Waals surface area contributed by atoms with Crippen LogP contribution < -0.4 is 10.2 Å². The third-order valence-electron chi connectivity index (χ3n) is 6.51. The molecule has 4 nitrogen and oxygen atoms in total. The van der Waals surface area contributed by atoms with Crippen molar-refractivity contribution in [3.8, 4) is 11.1 Å². The largest absolute Gasteiger partial charge is 0.367 e. The maximum atomic E-state index is 13.1. The van der Waals surface area contributed by atoms with E-state index in [1.165, 1.54) is 30.8 Å². The van der Waals surface area contributed by atoms with Gasteiger partial charge in [0.2, 0.25) is 0 Å². The second-order valence-electron chi connectivity index (χ2n) is 8.62. The van der Waals surface area contributed by atoms with Crippen molar-refractivity contribution < 1.29 is 9.18 Å². The summed E-state index contributed by atoms with van der Waals surface area (Å²) in [5.41, 5.74) is 4.47. The Morgan fingerprint density at radius 1 is 0.903 bits per heavy atom. The molecule has 2 saturated heterocycles. The van der Waals surface area contributed by atoms with Crippen LogP contribution in [0.3, 0.4) is 0 Å². The molecule has 3 aromatic rings. The highest BCUT2D eigenvalue weighted by Crippen LogP contribution is 2.34. The van der Waals surface area contributed by atoms with Gasteiger partial charge in [0, 0.05) is 42.6 Å². The van der Waals surface area contributed by atoms with Crippen LogP contribution in [0.2, 0.25) is 0 Å². The van der Waals surface area contributed by atoms with Crippen molar-refractivity contribution in [3.05, 3.63) is 84.2 Å². The summed E-state index contributed by atoms with van der Waals surface area (Å²) in [4.78, 5) is 17.6. The van der Waals surface area contributed by atoms with Gasteiger partial charge in [-0.15, -0.1) is 0 Å². The Kier molecular flexibility index (Phi) is 5.20. The van der Waals surface area contributed by atoms with Crippen LogP contribution in [0.25, 0.3) is 11.1 Å². The third-order valence-corrected chi connectivity index (χ3v) is 6.51. The van der Waals surface area contributed by atoms with Gasteiger partial charge in [-0.3, -0.25) is 4.79 Å². The first-order valence-corrected chi connectivity index (χ1v) is 10.8. The molecule has 158 valence electrons. The molecule has 0 bridgehead atoms. The summed E-state index contributed by atoms with van der Waals surface area (Å²) in [5.74, 6) is 0.366. The first-order chi connectivity index (χ1) is 15.1. The molecule has 2 atom stereocenters. The smallest absolute Gasteiger partial charge is 0.255 e. The molecule has 0 aliphatic carbocycles. The first-order valence-electron chi connectivity index (χ1n) is 10.8. The molecule has 31 heavy (non-hydrogen) atoms. The van der Waals surface area contributed by atoms with Gasteiger partial charge in [-0.1, -0.05) is 24.3 Å². The number of benzene rings is 3. The Balaban J connectivity index is 1.24. The number of amides is 1. The van der Waals surface area contributed by atoms with Crippen LogP contribution in [0, 0.1) is 11.7 Å². The Morgan fingerprint density at radius 3 is 2.23 bits per heavy atom. The van der Waals surface area contributed by atoms with Gasteiger partial charge in [-0.2, -0.15) is 0 Å². The lowest BCUT2D eigenvalue weighted by Crippen LogP contribution is -2.34. The number of likely N-dealkylation sites (N-methyl/N-ethyl adjacent to an activating group) is 1. The fourth-order valence-electron chi connectivity index (χ4n) is 4.89. The van der Waals surface area contributed by atoms with E-state index in [1.807, 2.05) is 24.3 Å². The van der Waals surface area contributed by atoms with Crippen molar-refractivity contribution in [2.24, 2.45) is 5.92 Å². The molecule has 3 aromatic carbocycles. The fourth-order valence-corrected chi connectivity index (χ4v) is 4.89. The van der Waals surface area contributed by atoms with E-state index in [2.05, 4.69) is 34.3 Å². The van der Waals surface area contributed by atoms with Gasteiger partial charge in [0.1, 0.15) is 5.82 Å². The number of nitrogens with one attached hydrogen (secondary N) is 1. The molecule has 1 amide bonds. The number of rotatable bonds is 4.